The van der Waals surface area contributed by atoms with Crippen molar-refractivity contribution in [3.8, 4) is 0 Å². The van der Waals surface area contributed by atoms with Crippen molar-refractivity contribution in [1.29, 1.82) is 0 Å². The number of amides is 2. The highest BCUT2D eigenvalue weighted by atomic mass is 16.4. The highest BCUT2D eigenvalue weighted by Gasteiger charge is 2.39. The van der Waals surface area contributed by atoms with Crippen molar-refractivity contribution in [1.82, 2.24) is 20.1 Å². The maximum absolute atomic E-state index is 11.9. The average Bonchev–Trinajstić information content (AvgIpc) is 2.72. The first-order chi connectivity index (χ1) is 8.59. The summed E-state index contributed by atoms with van der Waals surface area (Å²) in [5.74, 6) is -1.00. The zero-order valence-corrected chi connectivity index (χ0v) is 9.78. The van der Waals surface area contributed by atoms with Crippen LogP contribution in [-0.4, -0.2) is 49.8 Å². The third-order valence-electron chi connectivity index (χ3n) is 2.92. The molecule has 8 nitrogen and oxygen atoms in total. The predicted molar refractivity (Wildman–Crippen MR) is 60.8 cm³/mol. The van der Waals surface area contributed by atoms with E-state index in [0.29, 0.717) is 13.0 Å². The Morgan fingerprint density at radius 2 is 2.28 bits per heavy atom. The summed E-state index contributed by atoms with van der Waals surface area (Å²) in [7, 11) is 0. The minimum Gasteiger partial charge on any atom is -0.480 e. The predicted octanol–water partition coefficient (Wildman–Crippen LogP) is 0.198. The van der Waals surface area contributed by atoms with Gasteiger partial charge in [-0.2, -0.15) is 5.10 Å². The number of hydrogen-bond donors (Lipinski definition) is 2. The minimum absolute atomic E-state index is 0.0613. The van der Waals surface area contributed by atoms with E-state index < -0.39 is 18.0 Å². The molecule has 1 aliphatic heterocycles. The largest absolute Gasteiger partial charge is 0.480 e. The Balaban J connectivity index is 2.07. The molecule has 2 rings (SSSR count). The number of carbonyl (C=O) groups is 2. The van der Waals surface area contributed by atoms with Gasteiger partial charge in [-0.25, -0.2) is 14.6 Å². The standard InChI is InChI=1S/C10H13N5O3/c1-6-2-5-15(7(6)8(16)17)10(18)13-9-11-3-4-12-14-9/h3-4,6-7H,2,5H2,1H3,(H,16,17)(H,11,13,14,18). The molecule has 96 valence electrons. The van der Waals surface area contributed by atoms with E-state index in [9.17, 15) is 9.59 Å². The number of nitrogens with one attached hydrogen (secondary N) is 1. The maximum Gasteiger partial charge on any atom is 0.326 e. The molecule has 0 bridgehead atoms. The number of carboxylic acids is 1. The molecule has 0 aliphatic carbocycles. The molecule has 2 atom stereocenters. The topological polar surface area (TPSA) is 108 Å². The van der Waals surface area contributed by atoms with E-state index in [4.69, 9.17) is 5.11 Å². The summed E-state index contributed by atoms with van der Waals surface area (Å²) in [6.45, 7) is 2.22. The van der Waals surface area contributed by atoms with Gasteiger partial charge in [-0.3, -0.25) is 5.32 Å². The highest BCUT2D eigenvalue weighted by molar-refractivity contribution is 5.91. The summed E-state index contributed by atoms with van der Waals surface area (Å²) in [6, 6.07) is -1.32. The van der Waals surface area contributed by atoms with Gasteiger partial charge in [0, 0.05) is 6.54 Å². The van der Waals surface area contributed by atoms with Crippen molar-refractivity contribution >= 4 is 17.9 Å². The number of nitrogens with zero attached hydrogens (tertiary/aromatic N) is 4. The Labute approximate surface area is 103 Å². The van der Waals surface area contributed by atoms with Gasteiger partial charge in [-0.15, -0.1) is 5.10 Å². The lowest BCUT2D eigenvalue weighted by Crippen LogP contribution is -2.45. The molecule has 8 heteroatoms. The smallest absolute Gasteiger partial charge is 0.326 e. The molecule has 1 saturated heterocycles. The fourth-order valence-corrected chi connectivity index (χ4v) is 2.02. The summed E-state index contributed by atoms with van der Waals surface area (Å²) >= 11 is 0. The number of aromatic nitrogens is 3. The Bertz CT molecular complexity index is 452. The maximum atomic E-state index is 11.9. The SMILES string of the molecule is CC1CCN(C(=O)Nc2nccnn2)C1C(=O)O. The number of urea groups is 1. The molecule has 1 fully saturated rings. The van der Waals surface area contributed by atoms with Crippen LogP contribution in [0.25, 0.3) is 0 Å². The van der Waals surface area contributed by atoms with Gasteiger partial charge in [0.2, 0.25) is 0 Å². The molecular formula is C10H13N5O3. The first kappa shape index (κ1) is 12.2. The van der Waals surface area contributed by atoms with Crippen LogP contribution >= 0.6 is 0 Å². The lowest BCUT2D eigenvalue weighted by Gasteiger charge is -2.22. The molecular weight excluding hydrogens is 238 g/mol. The summed E-state index contributed by atoms with van der Waals surface area (Å²) in [5, 5.41) is 18.7. The quantitative estimate of drug-likeness (QED) is 0.777. The van der Waals surface area contributed by atoms with Gasteiger partial charge in [-0.05, 0) is 12.3 Å². The van der Waals surface area contributed by atoms with Gasteiger partial charge in [0.15, 0.2) is 0 Å². The van der Waals surface area contributed by atoms with E-state index in [1.54, 1.807) is 0 Å². The molecule has 2 unspecified atom stereocenters. The Morgan fingerprint density at radius 3 is 2.89 bits per heavy atom. The van der Waals surface area contributed by atoms with Gasteiger partial charge < -0.3 is 10.0 Å². The lowest BCUT2D eigenvalue weighted by molar-refractivity contribution is -0.142. The van der Waals surface area contributed by atoms with Gasteiger partial charge >= 0.3 is 12.0 Å². The normalized spacial score (nSPS) is 22.8. The first-order valence-corrected chi connectivity index (χ1v) is 5.53. The molecule has 0 spiro atoms. The third-order valence-corrected chi connectivity index (χ3v) is 2.92. The Morgan fingerprint density at radius 1 is 1.50 bits per heavy atom. The monoisotopic (exact) mass is 251 g/mol. The van der Waals surface area contributed by atoms with Crippen LogP contribution in [-0.2, 0) is 4.79 Å². The molecule has 1 aromatic rings. The molecule has 18 heavy (non-hydrogen) atoms. The second kappa shape index (κ2) is 4.94. The van der Waals surface area contributed by atoms with Crippen molar-refractivity contribution in [2.24, 2.45) is 5.92 Å². The van der Waals surface area contributed by atoms with Crippen molar-refractivity contribution in [3.05, 3.63) is 12.4 Å². The zero-order valence-electron chi connectivity index (χ0n) is 9.78. The van der Waals surface area contributed by atoms with E-state index in [2.05, 4.69) is 20.5 Å². The lowest BCUT2D eigenvalue weighted by atomic mass is 10.0. The molecule has 0 saturated carbocycles. The molecule has 2 amide bonds. The van der Waals surface area contributed by atoms with Crippen molar-refractivity contribution in [2.75, 3.05) is 11.9 Å². The van der Waals surface area contributed by atoms with Crippen molar-refractivity contribution in [2.45, 2.75) is 19.4 Å². The van der Waals surface area contributed by atoms with Crippen LogP contribution in [0.4, 0.5) is 10.7 Å². The number of carboxylic acid groups (broad SMARTS) is 1. The van der Waals surface area contributed by atoms with Crippen molar-refractivity contribution < 1.29 is 14.7 Å². The van der Waals surface area contributed by atoms with Crippen LogP contribution in [0.1, 0.15) is 13.3 Å². The van der Waals surface area contributed by atoms with Gasteiger partial charge in [0.1, 0.15) is 6.04 Å². The fourth-order valence-electron chi connectivity index (χ4n) is 2.02. The number of aliphatic carboxylic acids is 1. The average molecular weight is 251 g/mol. The Kier molecular flexibility index (Phi) is 3.35. The summed E-state index contributed by atoms with van der Waals surface area (Å²) in [5.41, 5.74) is 0. The summed E-state index contributed by atoms with van der Waals surface area (Å²) in [4.78, 5) is 28.1. The number of anilines is 1. The second-order valence-electron chi connectivity index (χ2n) is 4.14. The molecule has 0 radical (unpaired) electrons. The van der Waals surface area contributed by atoms with Crippen LogP contribution in [0.5, 0.6) is 0 Å². The van der Waals surface area contributed by atoms with Crippen molar-refractivity contribution in [3.63, 3.8) is 0 Å². The van der Waals surface area contributed by atoms with Crippen LogP contribution < -0.4 is 5.32 Å². The second-order valence-corrected chi connectivity index (χ2v) is 4.14. The number of hydrogen-bond acceptors (Lipinski definition) is 5. The van der Waals surface area contributed by atoms with Crippen LogP contribution in [0, 0.1) is 5.92 Å². The van der Waals surface area contributed by atoms with E-state index in [1.807, 2.05) is 6.92 Å². The molecule has 2 N–H and O–H groups in total. The third kappa shape index (κ3) is 2.36. The fraction of sp³-hybridized carbons (Fsp3) is 0.500. The van der Waals surface area contributed by atoms with E-state index >= 15 is 0 Å². The van der Waals surface area contributed by atoms with Gasteiger partial charge in [-0.1, -0.05) is 6.92 Å². The number of rotatable bonds is 2. The summed E-state index contributed by atoms with van der Waals surface area (Å²) in [6.07, 6.45) is 3.44. The van der Waals surface area contributed by atoms with E-state index in [0.717, 1.165) is 0 Å². The number of likely N-dealkylation sites (tertiary alicyclic amines) is 1. The highest BCUT2D eigenvalue weighted by Crippen LogP contribution is 2.24. The molecule has 1 aromatic heterocycles. The summed E-state index contributed by atoms with van der Waals surface area (Å²) < 4.78 is 0. The van der Waals surface area contributed by atoms with Crippen LogP contribution in [0.2, 0.25) is 0 Å². The van der Waals surface area contributed by atoms with Crippen LogP contribution in [0.3, 0.4) is 0 Å². The van der Waals surface area contributed by atoms with Gasteiger partial charge in [0.05, 0.1) is 12.4 Å². The minimum atomic E-state index is -0.998. The first-order valence-electron chi connectivity index (χ1n) is 5.53. The molecule has 2 heterocycles. The zero-order chi connectivity index (χ0) is 13.1. The Hall–Kier alpha value is -2.25. The van der Waals surface area contributed by atoms with E-state index in [1.165, 1.54) is 17.3 Å². The molecule has 1 aliphatic rings. The number of carbonyl (C=O) groups excluding carboxylic acids is 1. The molecule has 0 aromatic carbocycles. The van der Waals surface area contributed by atoms with E-state index in [-0.39, 0.29) is 11.9 Å². The van der Waals surface area contributed by atoms with Crippen LogP contribution in [0.15, 0.2) is 12.4 Å². The van der Waals surface area contributed by atoms with Gasteiger partial charge in [0.25, 0.3) is 5.95 Å².